The third kappa shape index (κ3) is 3.14. The summed E-state index contributed by atoms with van der Waals surface area (Å²) in [5.74, 6) is 1.62. The topological polar surface area (TPSA) is 43.8 Å². The van der Waals surface area contributed by atoms with Crippen LogP contribution in [-0.4, -0.2) is 15.8 Å². The van der Waals surface area contributed by atoms with Gasteiger partial charge in [-0.15, -0.1) is 0 Å². The van der Waals surface area contributed by atoms with Gasteiger partial charge in [0.25, 0.3) is 0 Å². The molecule has 0 aromatic carbocycles. The standard InChI is InChI=1S/C15H27N3/c1-4-12-5-6-13(9-12)15(16)10-14-7-8-18(17-14)11(2)3/h7-8,11-13,15H,4-6,9-10,16H2,1-3H3. The molecular formula is C15H27N3. The van der Waals surface area contributed by atoms with E-state index in [-0.39, 0.29) is 6.04 Å². The van der Waals surface area contributed by atoms with Gasteiger partial charge < -0.3 is 5.73 Å². The van der Waals surface area contributed by atoms with Crippen molar-refractivity contribution < 1.29 is 0 Å². The van der Waals surface area contributed by atoms with Crippen molar-refractivity contribution in [2.45, 2.75) is 65.0 Å². The number of nitrogens with zero attached hydrogens (tertiary/aromatic N) is 2. The molecule has 2 N–H and O–H groups in total. The Balaban J connectivity index is 1.88. The highest BCUT2D eigenvalue weighted by Crippen LogP contribution is 2.34. The first kappa shape index (κ1) is 13.6. The van der Waals surface area contributed by atoms with E-state index in [9.17, 15) is 0 Å². The van der Waals surface area contributed by atoms with Crippen LogP contribution in [-0.2, 0) is 6.42 Å². The highest BCUT2D eigenvalue weighted by atomic mass is 15.3. The lowest BCUT2D eigenvalue weighted by molar-refractivity contribution is 0.400. The molecule has 3 unspecified atom stereocenters. The van der Waals surface area contributed by atoms with Crippen LogP contribution in [0.2, 0.25) is 0 Å². The molecule has 0 bridgehead atoms. The van der Waals surface area contributed by atoms with Crippen molar-refractivity contribution in [1.29, 1.82) is 0 Å². The summed E-state index contributed by atoms with van der Waals surface area (Å²) in [7, 11) is 0. The van der Waals surface area contributed by atoms with Gasteiger partial charge in [0.15, 0.2) is 0 Å². The smallest absolute Gasteiger partial charge is 0.0640 e. The molecule has 0 amide bonds. The second-order valence-corrected chi connectivity index (χ2v) is 6.10. The van der Waals surface area contributed by atoms with Crippen molar-refractivity contribution in [3.05, 3.63) is 18.0 Å². The summed E-state index contributed by atoms with van der Waals surface area (Å²) in [5, 5.41) is 4.60. The Bertz CT molecular complexity index is 370. The molecule has 18 heavy (non-hydrogen) atoms. The van der Waals surface area contributed by atoms with Crippen LogP contribution in [0, 0.1) is 11.8 Å². The molecule has 0 aliphatic heterocycles. The van der Waals surface area contributed by atoms with E-state index >= 15 is 0 Å². The van der Waals surface area contributed by atoms with E-state index in [4.69, 9.17) is 5.73 Å². The van der Waals surface area contributed by atoms with Crippen molar-refractivity contribution >= 4 is 0 Å². The first-order valence-electron chi connectivity index (χ1n) is 7.39. The molecule has 1 fully saturated rings. The SMILES string of the molecule is CCC1CCC(C(N)Cc2ccn(C(C)C)n2)C1. The maximum absolute atomic E-state index is 6.36. The van der Waals surface area contributed by atoms with E-state index in [1.165, 1.54) is 25.7 Å². The molecule has 1 aromatic heterocycles. The third-order valence-electron chi connectivity index (χ3n) is 4.40. The minimum absolute atomic E-state index is 0.289. The van der Waals surface area contributed by atoms with Crippen LogP contribution < -0.4 is 5.73 Å². The molecule has 0 spiro atoms. The zero-order valence-corrected chi connectivity index (χ0v) is 12.0. The molecule has 1 aliphatic carbocycles. The molecule has 0 radical (unpaired) electrons. The van der Waals surface area contributed by atoms with E-state index in [2.05, 4.69) is 38.1 Å². The number of hydrogen-bond acceptors (Lipinski definition) is 2. The van der Waals surface area contributed by atoms with E-state index in [1.807, 2.05) is 4.68 Å². The Kier molecular flexibility index (Phi) is 4.44. The summed E-state index contributed by atoms with van der Waals surface area (Å²) >= 11 is 0. The van der Waals surface area contributed by atoms with Crippen LogP contribution in [0.15, 0.2) is 12.3 Å². The summed E-state index contributed by atoms with van der Waals surface area (Å²) in [6, 6.07) is 2.84. The Morgan fingerprint density at radius 3 is 2.78 bits per heavy atom. The first-order valence-corrected chi connectivity index (χ1v) is 7.39. The lowest BCUT2D eigenvalue weighted by Gasteiger charge is -2.18. The maximum Gasteiger partial charge on any atom is 0.0640 e. The Morgan fingerprint density at radius 2 is 2.22 bits per heavy atom. The van der Waals surface area contributed by atoms with Crippen molar-refractivity contribution in [2.75, 3.05) is 0 Å². The summed E-state index contributed by atoms with van der Waals surface area (Å²) in [5.41, 5.74) is 7.51. The molecule has 1 aromatic rings. The van der Waals surface area contributed by atoms with E-state index in [0.29, 0.717) is 12.0 Å². The van der Waals surface area contributed by atoms with Crippen LogP contribution in [0.4, 0.5) is 0 Å². The molecule has 1 heterocycles. The summed E-state index contributed by atoms with van der Waals surface area (Å²) in [6.45, 7) is 6.60. The monoisotopic (exact) mass is 249 g/mol. The second-order valence-electron chi connectivity index (χ2n) is 6.10. The highest BCUT2D eigenvalue weighted by molar-refractivity contribution is 5.03. The Labute approximate surface area is 111 Å². The van der Waals surface area contributed by atoms with Crippen molar-refractivity contribution in [3.63, 3.8) is 0 Å². The minimum atomic E-state index is 0.289. The van der Waals surface area contributed by atoms with Gasteiger partial charge in [-0.25, -0.2) is 0 Å². The molecule has 0 saturated heterocycles. The molecule has 102 valence electrons. The number of rotatable bonds is 5. The van der Waals surface area contributed by atoms with Gasteiger partial charge in [-0.1, -0.05) is 19.8 Å². The molecule has 3 nitrogen and oxygen atoms in total. The van der Waals surface area contributed by atoms with Gasteiger partial charge in [-0.05, 0) is 44.6 Å². The average Bonchev–Trinajstić information content (AvgIpc) is 2.96. The molecule has 3 heteroatoms. The second kappa shape index (κ2) is 5.87. The van der Waals surface area contributed by atoms with Gasteiger partial charge in [-0.3, -0.25) is 4.68 Å². The van der Waals surface area contributed by atoms with Gasteiger partial charge in [0.05, 0.1) is 5.69 Å². The summed E-state index contributed by atoms with van der Waals surface area (Å²) < 4.78 is 2.02. The Morgan fingerprint density at radius 1 is 1.44 bits per heavy atom. The number of hydrogen-bond donors (Lipinski definition) is 1. The van der Waals surface area contributed by atoms with Crippen LogP contribution in [0.25, 0.3) is 0 Å². The molecular weight excluding hydrogens is 222 g/mol. The molecule has 3 atom stereocenters. The number of nitrogens with two attached hydrogens (primary N) is 1. The van der Waals surface area contributed by atoms with Crippen molar-refractivity contribution in [2.24, 2.45) is 17.6 Å². The number of aromatic nitrogens is 2. The molecule has 1 saturated carbocycles. The normalized spacial score (nSPS) is 25.8. The van der Waals surface area contributed by atoms with E-state index in [0.717, 1.165) is 18.0 Å². The first-order chi connectivity index (χ1) is 8.60. The van der Waals surface area contributed by atoms with Crippen molar-refractivity contribution in [1.82, 2.24) is 9.78 Å². The van der Waals surface area contributed by atoms with Gasteiger partial charge in [-0.2, -0.15) is 5.10 Å². The predicted octanol–water partition coefficient (Wildman–Crippen LogP) is 3.16. The molecule has 1 aliphatic rings. The zero-order chi connectivity index (χ0) is 13.1. The fraction of sp³-hybridized carbons (Fsp3) is 0.800. The van der Waals surface area contributed by atoms with Gasteiger partial charge in [0, 0.05) is 24.7 Å². The van der Waals surface area contributed by atoms with Gasteiger partial charge in [0.1, 0.15) is 0 Å². The van der Waals surface area contributed by atoms with E-state index in [1.54, 1.807) is 0 Å². The highest BCUT2D eigenvalue weighted by Gasteiger charge is 2.28. The minimum Gasteiger partial charge on any atom is -0.327 e. The van der Waals surface area contributed by atoms with Crippen molar-refractivity contribution in [3.8, 4) is 0 Å². The van der Waals surface area contributed by atoms with Crippen LogP contribution in [0.5, 0.6) is 0 Å². The third-order valence-corrected chi connectivity index (χ3v) is 4.40. The summed E-state index contributed by atoms with van der Waals surface area (Å²) in [4.78, 5) is 0. The fourth-order valence-corrected chi connectivity index (χ4v) is 3.06. The van der Waals surface area contributed by atoms with Gasteiger partial charge in [0.2, 0.25) is 0 Å². The van der Waals surface area contributed by atoms with E-state index < -0.39 is 0 Å². The van der Waals surface area contributed by atoms with Crippen LogP contribution in [0.1, 0.15) is 58.2 Å². The zero-order valence-electron chi connectivity index (χ0n) is 12.0. The lowest BCUT2D eigenvalue weighted by Crippen LogP contribution is -2.31. The van der Waals surface area contributed by atoms with Crippen LogP contribution >= 0.6 is 0 Å². The fourth-order valence-electron chi connectivity index (χ4n) is 3.06. The summed E-state index contributed by atoms with van der Waals surface area (Å²) in [6.07, 6.45) is 8.31. The predicted molar refractivity (Wildman–Crippen MR) is 75.4 cm³/mol. The largest absolute Gasteiger partial charge is 0.327 e. The van der Waals surface area contributed by atoms with Crippen LogP contribution in [0.3, 0.4) is 0 Å². The average molecular weight is 249 g/mol. The van der Waals surface area contributed by atoms with Gasteiger partial charge >= 0.3 is 0 Å². The Hall–Kier alpha value is -0.830. The lowest BCUT2D eigenvalue weighted by atomic mass is 9.93. The molecule has 2 rings (SSSR count). The quantitative estimate of drug-likeness (QED) is 0.871. The maximum atomic E-state index is 6.36.